The Labute approximate surface area is 139 Å². The molecule has 1 saturated carbocycles. The molecule has 3 rings (SSSR count). The van der Waals surface area contributed by atoms with Gasteiger partial charge in [-0.2, -0.15) is 4.98 Å². The number of carbonyl (C=O) groups is 1. The lowest BCUT2D eigenvalue weighted by Gasteiger charge is -2.25. The fourth-order valence-corrected chi connectivity index (χ4v) is 3.03. The van der Waals surface area contributed by atoms with Crippen LogP contribution >= 0.6 is 11.6 Å². The maximum Gasteiger partial charge on any atom is 0.246 e. The molecule has 0 bridgehead atoms. The van der Waals surface area contributed by atoms with Crippen LogP contribution < -0.4 is 11.1 Å². The Balaban J connectivity index is 1.58. The summed E-state index contributed by atoms with van der Waals surface area (Å²) >= 11 is 5.95. The number of nitrogens with zero attached hydrogens (tertiary/aromatic N) is 2. The van der Waals surface area contributed by atoms with Gasteiger partial charge < -0.3 is 15.6 Å². The third-order valence-electron chi connectivity index (χ3n) is 4.05. The van der Waals surface area contributed by atoms with E-state index in [4.69, 9.17) is 21.9 Å². The molecule has 3 N–H and O–H groups in total. The average molecular weight is 335 g/mol. The number of benzene rings is 1. The second-order valence-corrected chi connectivity index (χ2v) is 6.30. The summed E-state index contributed by atoms with van der Waals surface area (Å²) in [6.07, 6.45) is 3.62. The molecule has 6 nitrogen and oxygen atoms in total. The molecule has 2 atom stereocenters. The lowest BCUT2D eigenvalue weighted by Crippen LogP contribution is -2.37. The first-order valence-corrected chi connectivity index (χ1v) is 8.11. The summed E-state index contributed by atoms with van der Waals surface area (Å²) in [5.74, 6) is 0.807. The second kappa shape index (κ2) is 7.10. The fourth-order valence-electron chi connectivity index (χ4n) is 2.84. The van der Waals surface area contributed by atoms with Gasteiger partial charge in [0.25, 0.3) is 0 Å². The monoisotopic (exact) mass is 334 g/mol. The van der Waals surface area contributed by atoms with Gasteiger partial charge in [-0.15, -0.1) is 0 Å². The molecule has 0 aliphatic heterocycles. The van der Waals surface area contributed by atoms with Crippen LogP contribution in [-0.4, -0.2) is 22.1 Å². The molecule has 0 spiro atoms. The van der Waals surface area contributed by atoms with Gasteiger partial charge in [-0.25, -0.2) is 0 Å². The van der Waals surface area contributed by atoms with E-state index < -0.39 is 0 Å². The molecule has 2 unspecified atom stereocenters. The Bertz CT molecular complexity index is 688. The van der Waals surface area contributed by atoms with Crippen molar-refractivity contribution in [2.45, 2.75) is 38.3 Å². The minimum Gasteiger partial charge on any atom is -0.347 e. The first-order chi connectivity index (χ1) is 11.1. The highest BCUT2D eigenvalue weighted by Gasteiger charge is 2.25. The number of hydrogen-bond acceptors (Lipinski definition) is 5. The van der Waals surface area contributed by atoms with Crippen LogP contribution in [0, 0.1) is 5.92 Å². The van der Waals surface area contributed by atoms with Gasteiger partial charge in [-0.05, 0) is 31.4 Å². The third kappa shape index (κ3) is 4.09. The summed E-state index contributed by atoms with van der Waals surface area (Å²) in [5, 5.41) is 7.37. The van der Waals surface area contributed by atoms with Gasteiger partial charge in [0.1, 0.15) is 0 Å². The van der Waals surface area contributed by atoms with E-state index in [2.05, 4.69) is 15.5 Å². The quantitative estimate of drug-likeness (QED) is 0.896. The number of aromatic nitrogens is 2. The maximum atomic E-state index is 12.2. The summed E-state index contributed by atoms with van der Waals surface area (Å²) in [5.41, 5.74) is 6.69. The molecular formula is C16H19ClN4O2. The van der Waals surface area contributed by atoms with Crippen molar-refractivity contribution >= 4 is 17.5 Å². The van der Waals surface area contributed by atoms with Crippen molar-refractivity contribution in [1.82, 2.24) is 15.5 Å². The lowest BCUT2D eigenvalue weighted by atomic mass is 9.85. The molecule has 1 fully saturated rings. The third-order valence-corrected chi connectivity index (χ3v) is 4.29. The van der Waals surface area contributed by atoms with E-state index in [9.17, 15) is 4.79 Å². The Morgan fingerprint density at radius 3 is 3.09 bits per heavy atom. The van der Waals surface area contributed by atoms with Crippen LogP contribution in [0.2, 0.25) is 5.02 Å². The van der Waals surface area contributed by atoms with E-state index in [0.717, 1.165) is 31.2 Å². The molecule has 1 aliphatic rings. The predicted molar refractivity (Wildman–Crippen MR) is 86.5 cm³/mol. The minimum atomic E-state index is -0.0194. The van der Waals surface area contributed by atoms with Gasteiger partial charge in [0, 0.05) is 22.5 Å². The molecule has 1 heterocycles. The number of amides is 1. The smallest absolute Gasteiger partial charge is 0.246 e. The molecule has 0 saturated heterocycles. The van der Waals surface area contributed by atoms with Gasteiger partial charge in [0.15, 0.2) is 0 Å². The molecule has 2 aromatic rings. The van der Waals surface area contributed by atoms with Crippen LogP contribution in [-0.2, 0) is 11.3 Å². The van der Waals surface area contributed by atoms with Crippen molar-refractivity contribution in [1.29, 1.82) is 0 Å². The Morgan fingerprint density at radius 2 is 2.30 bits per heavy atom. The van der Waals surface area contributed by atoms with E-state index in [0.29, 0.717) is 16.7 Å². The van der Waals surface area contributed by atoms with Crippen molar-refractivity contribution < 1.29 is 9.32 Å². The van der Waals surface area contributed by atoms with Crippen molar-refractivity contribution in [2.75, 3.05) is 0 Å². The van der Waals surface area contributed by atoms with Crippen molar-refractivity contribution in [3.63, 3.8) is 0 Å². The zero-order chi connectivity index (χ0) is 16.2. The van der Waals surface area contributed by atoms with Crippen LogP contribution in [0.15, 0.2) is 28.8 Å². The SMILES string of the molecule is NC1CCCC(C(=O)NCc2nc(-c3cccc(Cl)c3)no2)C1. The zero-order valence-electron chi connectivity index (χ0n) is 12.7. The first-order valence-electron chi connectivity index (χ1n) is 7.73. The average Bonchev–Trinajstić information content (AvgIpc) is 3.01. The van der Waals surface area contributed by atoms with E-state index in [-0.39, 0.29) is 24.4 Å². The number of halogens is 1. The molecule has 0 radical (unpaired) electrons. The molecule has 1 amide bonds. The molecule has 7 heteroatoms. The van der Waals surface area contributed by atoms with Gasteiger partial charge in [-0.3, -0.25) is 4.79 Å². The van der Waals surface area contributed by atoms with E-state index >= 15 is 0 Å². The molecular weight excluding hydrogens is 316 g/mol. The summed E-state index contributed by atoms with van der Waals surface area (Å²) in [6, 6.07) is 7.33. The fraction of sp³-hybridized carbons (Fsp3) is 0.438. The Kier molecular flexibility index (Phi) is 4.93. The Morgan fingerprint density at radius 1 is 1.43 bits per heavy atom. The summed E-state index contributed by atoms with van der Waals surface area (Å²) in [4.78, 5) is 16.4. The van der Waals surface area contributed by atoms with E-state index in [1.165, 1.54) is 0 Å². The molecule has 1 aromatic carbocycles. The second-order valence-electron chi connectivity index (χ2n) is 5.86. The maximum absolute atomic E-state index is 12.2. The number of nitrogens with two attached hydrogens (primary N) is 1. The summed E-state index contributed by atoms with van der Waals surface area (Å²) in [6.45, 7) is 0.220. The van der Waals surface area contributed by atoms with Crippen molar-refractivity contribution in [3.8, 4) is 11.4 Å². The Hall–Kier alpha value is -1.92. The molecule has 1 aromatic heterocycles. The molecule has 23 heavy (non-hydrogen) atoms. The van der Waals surface area contributed by atoms with Crippen LogP contribution in [0.1, 0.15) is 31.6 Å². The molecule has 1 aliphatic carbocycles. The van der Waals surface area contributed by atoms with Crippen molar-refractivity contribution in [2.24, 2.45) is 11.7 Å². The van der Waals surface area contributed by atoms with Gasteiger partial charge in [0.2, 0.25) is 17.6 Å². The summed E-state index contributed by atoms with van der Waals surface area (Å²) < 4.78 is 5.17. The largest absolute Gasteiger partial charge is 0.347 e. The number of hydrogen-bond donors (Lipinski definition) is 2. The minimum absolute atomic E-state index is 0.00246. The van der Waals surface area contributed by atoms with Crippen molar-refractivity contribution in [3.05, 3.63) is 35.2 Å². The topological polar surface area (TPSA) is 94.0 Å². The first kappa shape index (κ1) is 16.0. The van der Waals surface area contributed by atoms with Crippen LogP contribution in [0.4, 0.5) is 0 Å². The van der Waals surface area contributed by atoms with E-state index in [1.54, 1.807) is 12.1 Å². The zero-order valence-corrected chi connectivity index (χ0v) is 13.4. The van der Waals surface area contributed by atoms with E-state index in [1.807, 2.05) is 12.1 Å². The number of nitrogens with one attached hydrogen (secondary N) is 1. The standard InChI is InChI=1S/C16H19ClN4O2/c17-12-5-1-3-10(7-12)15-20-14(23-21-15)9-19-16(22)11-4-2-6-13(18)8-11/h1,3,5,7,11,13H,2,4,6,8-9,18H2,(H,19,22). The lowest BCUT2D eigenvalue weighted by molar-refractivity contribution is -0.126. The van der Waals surface area contributed by atoms with Crippen LogP contribution in [0.5, 0.6) is 0 Å². The van der Waals surface area contributed by atoms with Crippen LogP contribution in [0.25, 0.3) is 11.4 Å². The normalized spacial score (nSPS) is 21.1. The number of rotatable bonds is 4. The van der Waals surface area contributed by atoms with Gasteiger partial charge in [0.05, 0.1) is 6.54 Å². The highest BCUT2D eigenvalue weighted by Crippen LogP contribution is 2.23. The highest BCUT2D eigenvalue weighted by molar-refractivity contribution is 6.30. The van der Waals surface area contributed by atoms with Gasteiger partial charge >= 0.3 is 0 Å². The van der Waals surface area contributed by atoms with Crippen LogP contribution in [0.3, 0.4) is 0 Å². The predicted octanol–water partition coefficient (Wildman–Crippen LogP) is 2.52. The summed E-state index contributed by atoms with van der Waals surface area (Å²) in [7, 11) is 0. The van der Waals surface area contributed by atoms with Gasteiger partial charge in [-0.1, -0.05) is 35.3 Å². The molecule has 122 valence electrons. The number of carbonyl (C=O) groups excluding carboxylic acids is 1. The highest BCUT2D eigenvalue weighted by atomic mass is 35.5.